The van der Waals surface area contributed by atoms with Gasteiger partial charge in [0.05, 0.1) is 0 Å². The van der Waals surface area contributed by atoms with Crippen LogP contribution in [-0.4, -0.2) is 50.5 Å². The van der Waals surface area contributed by atoms with Crippen molar-refractivity contribution >= 4 is 35.8 Å². The molecule has 0 heterocycles. The molecule has 5 nitrogen and oxygen atoms in total. The minimum atomic E-state index is 0. The number of carbonyl (C=O) groups excluding carboxylic acids is 1. The molecule has 0 bridgehead atoms. The minimum Gasteiger partial charge on any atom is -0.354 e. The molecule has 0 rings (SSSR count). The highest BCUT2D eigenvalue weighted by Crippen LogP contribution is 1.92. The number of nitrogens with one attached hydrogen (secondary N) is 2. The van der Waals surface area contributed by atoms with E-state index in [9.17, 15) is 4.79 Å². The summed E-state index contributed by atoms with van der Waals surface area (Å²) in [6, 6.07) is 0. The van der Waals surface area contributed by atoms with E-state index in [2.05, 4.69) is 27.4 Å². The van der Waals surface area contributed by atoms with Gasteiger partial charge in [-0.2, -0.15) is 0 Å². The lowest BCUT2D eigenvalue weighted by Gasteiger charge is -2.22. The van der Waals surface area contributed by atoms with E-state index in [1.807, 2.05) is 20.9 Å². The van der Waals surface area contributed by atoms with Crippen LogP contribution in [0, 0.1) is 5.92 Å². The summed E-state index contributed by atoms with van der Waals surface area (Å²) in [7, 11) is 3.80. The first-order chi connectivity index (χ1) is 8.52. The second kappa shape index (κ2) is 12.5. The Morgan fingerprint density at radius 2 is 1.84 bits per heavy atom. The van der Waals surface area contributed by atoms with Gasteiger partial charge in [-0.3, -0.25) is 9.79 Å². The Hall–Kier alpha value is -0.530. The SMILES string of the molecule is CCCCN(C)C(=NC)NCCNC(=O)C(C)C.I. The molecule has 2 N–H and O–H groups in total. The van der Waals surface area contributed by atoms with E-state index in [-0.39, 0.29) is 35.8 Å². The molecule has 0 radical (unpaired) electrons. The average molecular weight is 384 g/mol. The molecule has 19 heavy (non-hydrogen) atoms. The van der Waals surface area contributed by atoms with Crippen molar-refractivity contribution in [3.63, 3.8) is 0 Å². The van der Waals surface area contributed by atoms with E-state index >= 15 is 0 Å². The van der Waals surface area contributed by atoms with Crippen LogP contribution in [0.5, 0.6) is 0 Å². The first kappa shape index (κ1) is 20.8. The summed E-state index contributed by atoms with van der Waals surface area (Å²) in [5.74, 6) is 1.00. The topological polar surface area (TPSA) is 56.7 Å². The van der Waals surface area contributed by atoms with E-state index < -0.39 is 0 Å². The van der Waals surface area contributed by atoms with Gasteiger partial charge in [0.25, 0.3) is 0 Å². The summed E-state index contributed by atoms with van der Waals surface area (Å²) in [4.78, 5) is 17.7. The Morgan fingerprint density at radius 3 is 2.32 bits per heavy atom. The fourth-order valence-electron chi connectivity index (χ4n) is 1.45. The predicted octanol–water partition coefficient (Wildman–Crippen LogP) is 1.68. The Balaban J connectivity index is 0. The lowest BCUT2D eigenvalue weighted by molar-refractivity contribution is -0.123. The van der Waals surface area contributed by atoms with Crippen molar-refractivity contribution in [3.8, 4) is 0 Å². The number of nitrogens with zero attached hydrogens (tertiary/aromatic N) is 2. The quantitative estimate of drug-likeness (QED) is 0.304. The van der Waals surface area contributed by atoms with Crippen molar-refractivity contribution in [2.24, 2.45) is 10.9 Å². The van der Waals surface area contributed by atoms with E-state index in [0.717, 1.165) is 18.9 Å². The molecule has 0 saturated carbocycles. The molecule has 0 aromatic carbocycles. The maximum Gasteiger partial charge on any atom is 0.222 e. The van der Waals surface area contributed by atoms with Crippen molar-refractivity contribution in [2.75, 3.05) is 33.7 Å². The number of hydrogen-bond donors (Lipinski definition) is 2. The fraction of sp³-hybridized carbons (Fsp3) is 0.846. The van der Waals surface area contributed by atoms with E-state index in [0.29, 0.717) is 13.1 Å². The van der Waals surface area contributed by atoms with Crippen LogP contribution in [-0.2, 0) is 4.79 Å². The standard InChI is InChI=1S/C13H28N4O.HI/c1-6-7-10-17(5)13(14-4)16-9-8-15-12(18)11(2)3;/h11H,6-10H2,1-5H3,(H,14,16)(H,15,18);1H. The number of amides is 1. The van der Waals surface area contributed by atoms with Gasteiger partial charge in [0.15, 0.2) is 5.96 Å². The third-order valence-electron chi connectivity index (χ3n) is 2.65. The van der Waals surface area contributed by atoms with Gasteiger partial charge in [-0.25, -0.2) is 0 Å². The van der Waals surface area contributed by atoms with Crippen LogP contribution in [0.1, 0.15) is 33.6 Å². The molecule has 1 amide bonds. The largest absolute Gasteiger partial charge is 0.354 e. The van der Waals surface area contributed by atoms with Gasteiger partial charge in [-0.1, -0.05) is 27.2 Å². The van der Waals surface area contributed by atoms with Crippen LogP contribution >= 0.6 is 24.0 Å². The van der Waals surface area contributed by atoms with Gasteiger partial charge >= 0.3 is 0 Å². The van der Waals surface area contributed by atoms with Gasteiger partial charge in [-0.15, -0.1) is 24.0 Å². The Labute approximate surface area is 134 Å². The van der Waals surface area contributed by atoms with Crippen LogP contribution < -0.4 is 10.6 Å². The lowest BCUT2D eigenvalue weighted by Crippen LogP contribution is -2.43. The highest BCUT2D eigenvalue weighted by Gasteiger charge is 2.06. The zero-order valence-corrected chi connectivity index (χ0v) is 15.2. The van der Waals surface area contributed by atoms with Gasteiger partial charge < -0.3 is 15.5 Å². The zero-order chi connectivity index (χ0) is 14.0. The molecule has 6 heteroatoms. The third-order valence-corrected chi connectivity index (χ3v) is 2.65. The monoisotopic (exact) mass is 384 g/mol. The predicted molar refractivity (Wildman–Crippen MR) is 92.2 cm³/mol. The molecule has 0 aliphatic heterocycles. The molecule has 0 saturated heterocycles. The molecule has 0 aliphatic rings. The second-order valence-electron chi connectivity index (χ2n) is 4.69. The first-order valence-electron chi connectivity index (χ1n) is 6.72. The zero-order valence-electron chi connectivity index (χ0n) is 12.8. The molecule has 0 fully saturated rings. The number of guanidine groups is 1. The lowest BCUT2D eigenvalue weighted by atomic mass is 10.2. The highest BCUT2D eigenvalue weighted by atomic mass is 127. The molecule has 0 aromatic rings. The Bertz CT molecular complexity index is 269. The fourth-order valence-corrected chi connectivity index (χ4v) is 1.45. The Morgan fingerprint density at radius 1 is 1.26 bits per heavy atom. The molecule has 0 spiro atoms. The maximum atomic E-state index is 11.4. The van der Waals surface area contributed by atoms with Gasteiger partial charge in [0, 0.05) is 39.6 Å². The number of aliphatic imine (C=N–C) groups is 1. The van der Waals surface area contributed by atoms with Crippen LogP contribution in [0.4, 0.5) is 0 Å². The summed E-state index contributed by atoms with van der Waals surface area (Å²) in [5.41, 5.74) is 0. The van der Waals surface area contributed by atoms with Gasteiger partial charge in [0.2, 0.25) is 5.91 Å². The first-order valence-corrected chi connectivity index (χ1v) is 6.72. The van der Waals surface area contributed by atoms with Crippen molar-refractivity contribution in [3.05, 3.63) is 0 Å². The number of hydrogen-bond acceptors (Lipinski definition) is 2. The molecular formula is C13H29IN4O. The smallest absolute Gasteiger partial charge is 0.222 e. The summed E-state index contributed by atoms with van der Waals surface area (Å²) >= 11 is 0. The summed E-state index contributed by atoms with van der Waals surface area (Å²) < 4.78 is 0. The van der Waals surface area contributed by atoms with Crippen LogP contribution in [0.2, 0.25) is 0 Å². The third kappa shape index (κ3) is 9.98. The van der Waals surface area contributed by atoms with Crippen molar-refractivity contribution in [1.82, 2.24) is 15.5 Å². The van der Waals surface area contributed by atoms with Crippen LogP contribution in [0.15, 0.2) is 4.99 Å². The van der Waals surface area contributed by atoms with E-state index in [1.165, 1.54) is 6.42 Å². The average Bonchev–Trinajstić information content (AvgIpc) is 2.35. The van der Waals surface area contributed by atoms with Gasteiger partial charge in [0.1, 0.15) is 0 Å². The summed E-state index contributed by atoms with van der Waals surface area (Å²) in [6.07, 6.45) is 2.33. The van der Waals surface area contributed by atoms with Crippen LogP contribution in [0.25, 0.3) is 0 Å². The minimum absolute atomic E-state index is 0. The molecule has 0 unspecified atom stereocenters. The summed E-state index contributed by atoms with van der Waals surface area (Å²) in [6.45, 7) is 8.26. The van der Waals surface area contributed by atoms with Gasteiger partial charge in [-0.05, 0) is 6.42 Å². The van der Waals surface area contributed by atoms with Crippen molar-refractivity contribution in [1.29, 1.82) is 0 Å². The number of rotatable bonds is 7. The number of carbonyl (C=O) groups is 1. The molecular weight excluding hydrogens is 355 g/mol. The number of unbranched alkanes of at least 4 members (excludes halogenated alkanes) is 1. The van der Waals surface area contributed by atoms with Crippen molar-refractivity contribution < 1.29 is 4.79 Å². The molecule has 0 aromatic heterocycles. The maximum absolute atomic E-state index is 11.4. The number of halogens is 1. The molecule has 114 valence electrons. The van der Waals surface area contributed by atoms with E-state index in [1.54, 1.807) is 7.05 Å². The molecule has 0 atom stereocenters. The highest BCUT2D eigenvalue weighted by molar-refractivity contribution is 14.0. The summed E-state index contributed by atoms with van der Waals surface area (Å²) in [5, 5.41) is 6.10. The normalized spacial score (nSPS) is 10.9. The van der Waals surface area contributed by atoms with Crippen LogP contribution in [0.3, 0.4) is 0 Å². The molecule has 0 aliphatic carbocycles. The van der Waals surface area contributed by atoms with Crippen molar-refractivity contribution in [2.45, 2.75) is 33.6 Å². The Kier molecular flexibility index (Phi) is 13.7. The van der Waals surface area contributed by atoms with E-state index in [4.69, 9.17) is 0 Å². The second-order valence-corrected chi connectivity index (χ2v) is 4.69.